The van der Waals surface area contributed by atoms with E-state index >= 15 is 0 Å². The highest BCUT2D eigenvalue weighted by Gasteiger charge is 2.31. The van der Waals surface area contributed by atoms with Crippen molar-refractivity contribution in [2.24, 2.45) is 5.92 Å². The summed E-state index contributed by atoms with van der Waals surface area (Å²) in [7, 11) is 2.09. The quantitative estimate of drug-likeness (QED) is 0.657. The van der Waals surface area contributed by atoms with Crippen molar-refractivity contribution >= 4 is 35.0 Å². The minimum Gasteiger partial charge on any atom is -0.342 e. The van der Waals surface area contributed by atoms with E-state index in [-0.39, 0.29) is 17.7 Å². The number of likely N-dealkylation sites (N-methyl/N-ethyl adjacent to an activating group) is 1. The first-order chi connectivity index (χ1) is 15.7. The zero-order valence-corrected chi connectivity index (χ0v) is 21.0. The molecule has 9 heteroatoms. The number of amides is 2. The van der Waals surface area contributed by atoms with Crippen molar-refractivity contribution in [3.8, 4) is 5.69 Å². The largest absolute Gasteiger partial charge is 0.342 e. The molecule has 1 aromatic heterocycles. The number of halogens is 2. The van der Waals surface area contributed by atoms with Crippen molar-refractivity contribution in [2.75, 3.05) is 46.3 Å². The van der Waals surface area contributed by atoms with Crippen molar-refractivity contribution in [3.63, 3.8) is 0 Å². The predicted molar refractivity (Wildman–Crippen MR) is 130 cm³/mol. The van der Waals surface area contributed by atoms with Crippen molar-refractivity contribution in [1.82, 2.24) is 24.5 Å². The van der Waals surface area contributed by atoms with Gasteiger partial charge < -0.3 is 14.7 Å². The minimum atomic E-state index is 0.0262. The van der Waals surface area contributed by atoms with Gasteiger partial charge in [-0.05, 0) is 51.9 Å². The van der Waals surface area contributed by atoms with Gasteiger partial charge in [0.1, 0.15) is 0 Å². The van der Waals surface area contributed by atoms with Crippen LogP contribution in [0.2, 0.25) is 10.0 Å². The van der Waals surface area contributed by atoms with Gasteiger partial charge in [-0.2, -0.15) is 5.10 Å². The van der Waals surface area contributed by atoms with Crippen LogP contribution in [0.25, 0.3) is 5.69 Å². The molecule has 2 aliphatic heterocycles. The highest BCUT2D eigenvalue weighted by atomic mass is 35.5. The first kappa shape index (κ1) is 24.0. The van der Waals surface area contributed by atoms with Gasteiger partial charge in [0.2, 0.25) is 11.8 Å². The molecule has 7 nitrogen and oxygen atoms in total. The van der Waals surface area contributed by atoms with Gasteiger partial charge in [0.25, 0.3) is 0 Å². The number of benzene rings is 1. The second-order valence-electron chi connectivity index (χ2n) is 9.12. The van der Waals surface area contributed by atoms with Crippen molar-refractivity contribution in [2.45, 2.75) is 33.1 Å². The van der Waals surface area contributed by atoms with Crippen LogP contribution in [0.3, 0.4) is 0 Å². The van der Waals surface area contributed by atoms with Gasteiger partial charge >= 0.3 is 0 Å². The maximum Gasteiger partial charge on any atom is 0.227 e. The van der Waals surface area contributed by atoms with Crippen LogP contribution in [0.15, 0.2) is 18.2 Å². The van der Waals surface area contributed by atoms with E-state index in [2.05, 4.69) is 17.0 Å². The molecule has 0 aliphatic carbocycles. The molecule has 0 bridgehead atoms. The van der Waals surface area contributed by atoms with Gasteiger partial charge in [-0.15, -0.1) is 0 Å². The summed E-state index contributed by atoms with van der Waals surface area (Å²) in [6.45, 7) is 8.60. The number of piperazine rings is 1. The summed E-state index contributed by atoms with van der Waals surface area (Å²) in [4.78, 5) is 32.1. The third kappa shape index (κ3) is 5.20. The van der Waals surface area contributed by atoms with E-state index in [0.717, 1.165) is 61.7 Å². The summed E-state index contributed by atoms with van der Waals surface area (Å²) < 4.78 is 1.81. The van der Waals surface area contributed by atoms with Crippen molar-refractivity contribution in [3.05, 3.63) is 45.2 Å². The molecule has 0 radical (unpaired) electrons. The van der Waals surface area contributed by atoms with E-state index in [9.17, 15) is 9.59 Å². The first-order valence-electron chi connectivity index (χ1n) is 11.5. The number of hydrogen-bond donors (Lipinski definition) is 0. The molecule has 0 saturated carbocycles. The number of carbonyl (C=O) groups excluding carboxylic acids is 2. The summed E-state index contributed by atoms with van der Waals surface area (Å²) in [6, 6.07) is 5.38. The predicted octanol–water partition coefficient (Wildman–Crippen LogP) is 3.35. The molecule has 0 spiro atoms. The molecular weight excluding hydrogens is 461 g/mol. The van der Waals surface area contributed by atoms with Crippen LogP contribution in [0, 0.1) is 19.8 Å². The maximum atomic E-state index is 13.1. The number of likely N-dealkylation sites (tertiary alicyclic amines) is 1. The van der Waals surface area contributed by atoms with Gasteiger partial charge in [0.05, 0.1) is 27.8 Å². The van der Waals surface area contributed by atoms with E-state index in [1.54, 1.807) is 16.8 Å². The second kappa shape index (κ2) is 10.0. The molecule has 0 unspecified atom stereocenters. The number of aromatic nitrogens is 2. The van der Waals surface area contributed by atoms with Gasteiger partial charge in [-0.3, -0.25) is 9.59 Å². The van der Waals surface area contributed by atoms with Crippen LogP contribution >= 0.6 is 23.2 Å². The molecule has 2 saturated heterocycles. The number of nitrogens with zero attached hydrogens (tertiary/aromatic N) is 5. The zero-order valence-electron chi connectivity index (χ0n) is 19.5. The van der Waals surface area contributed by atoms with E-state index in [1.165, 1.54) is 0 Å². The average Bonchev–Trinajstić information content (AvgIpc) is 3.09. The Bertz CT molecular complexity index is 1040. The maximum absolute atomic E-state index is 13.1. The number of piperidine rings is 1. The number of hydrogen-bond acceptors (Lipinski definition) is 4. The van der Waals surface area contributed by atoms with Gasteiger partial charge in [0, 0.05) is 56.4 Å². The Balaban J connectivity index is 1.37. The fourth-order valence-electron chi connectivity index (χ4n) is 4.72. The summed E-state index contributed by atoms with van der Waals surface area (Å²) in [6.07, 6.45) is 1.77. The van der Waals surface area contributed by atoms with Crippen LogP contribution in [0.5, 0.6) is 0 Å². The highest BCUT2D eigenvalue weighted by Crippen LogP contribution is 2.27. The lowest BCUT2D eigenvalue weighted by atomic mass is 9.94. The fourth-order valence-corrected chi connectivity index (χ4v) is 5.02. The van der Waals surface area contributed by atoms with Gasteiger partial charge in [-0.1, -0.05) is 23.2 Å². The normalized spacial score (nSPS) is 18.1. The van der Waals surface area contributed by atoms with Crippen LogP contribution in [-0.4, -0.2) is 82.6 Å². The van der Waals surface area contributed by atoms with Crippen LogP contribution in [0.4, 0.5) is 0 Å². The topological polar surface area (TPSA) is 61.7 Å². The Hall–Kier alpha value is -2.09. The Morgan fingerprint density at radius 3 is 2.27 bits per heavy atom. The molecule has 2 aromatic rings. The number of rotatable bonds is 4. The highest BCUT2D eigenvalue weighted by molar-refractivity contribution is 6.42. The summed E-state index contributed by atoms with van der Waals surface area (Å²) in [5.74, 6) is 0.364. The smallest absolute Gasteiger partial charge is 0.227 e. The Morgan fingerprint density at radius 2 is 1.64 bits per heavy atom. The van der Waals surface area contributed by atoms with Gasteiger partial charge in [0.15, 0.2) is 0 Å². The lowest BCUT2D eigenvalue weighted by Gasteiger charge is -2.37. The standard InChI is InChI=1S/C24H31Cl2N5O2/c1-16-20(17(2)31(27-16)19-4-5-21(25)22(26)14-19)15-23(32)29-8-6-18(7-9-29)24(33)30-12-10-28(3)11-13-30/h4-5,14,18H,6-13,15H2,1-3H3. The molecular formula is C24H31Cl2N5O2. The monoisotopic (exact) mass is 491 g/mol. The summed E-state index contributed by atoms with van der Waals surface area (Å²) in [5.41, 5.74) is 3.49. The lowest BCUT2D eigenvalue weighted by Crippen LogP contribution is -2.51. The van der Waals surface area contributed by atoms with E-state index in [4.69, 9.17) is 23.2 Å². The van der Waals surface area contributed by atoms with Gasteiger partial charge in [-0.25, -0.2) is 4.68 Å². The Kier molecular flexibility index (Phi) is 7.31. The molecule has 2 amide bonds. The molecule has 1 aromatic carbocycles. The van der Waals surface area contributed by atoms with E-state index < -0.39 is 0 Å². The third-order valence-electron chi connectivity index (χ3n) is 6.93. The Labute approximate surface area is 205 Å². The SMILES string of the molecule is Cc1nn(-c2ccc(Cl)c(Cl)c2)c(C)c1CC(=O)N1CCC(C(=O)N2CCN(C)CC2)CC1. The zero-order chi connectivity index (χ0) is 23.7. The van der Waals surface area contributed by atoms with Crippen LogP contribution < -0.4 is 0 Å². The van der Waals surface area contributed by atoms with Crippen LogP contribution in [-0.2, 0) is 16.0 Å². The van der Waals surface area contributed by atoms with Crippen LogP contribution in [0.1, 0.15) is 29.8 Å². The molecule has 0 N–H and O–H groups in total. The van der Waals surface area contributed by atoms with Crippen molar-refractivity contribution in [1.29, 1.82) is 0 Å². The number of carbonyl (C=O) groups is 2. The van der Waals surface area contributed by atoms with E-state index in [1.807, 2.05) is 29.7 Å². The fraction of sp³-hybridized carbons (Fsp3) is 0.542. The molecule has 4 rings (SSSR count). The first-order valence-corrected chi connectivity index (χ1v) is 12.3. The molecule has 2 fully saturated rings. The minimum absolute atomic E-state index is 0.0262. The third-order valence-corrected chi connectivity index (χ3v) is 7.67. The lowest BCUT2D eigenvalue weighted by molar-refractivity contribution is -0.141. The molecule has 3 heterocycles. The second-order valence-corrected chi connectivity index (χ2v) is 9.93. The number of aryl methyl sites for hydroxylation is 1. The molecule has 33 heavy (non-hydrogen) atoms. The average molecular weight is 492 g/mol. The summed E-state index contributed by atoms with van der Waals surface area (Å²) >= 11 is 12.2. The molecule has 0 atom stereocenters. The Morgan fingerprint density at radius 1 is 0.970 bits per heavy atom. The summed E-state index contributed by atoms with van der Waals surface area (Å²) in [5, 5.41) is 5.59. The molecule has 178 valence electrons. The molecule has 2 aliphatic rings. The van der Waals surface area contributed by atoms with E-state index in [0.29, 0.717) is 29.6 Å². The van der Waals surface area contributed by atoms with Crippen molar-refractivity contribution < 1.29 is 9.59 Å².